The van der Waals surface area contributed by atoms with Gasteiger partial charge in [0.2, 0.25) is 11.8 Å². The van der Waals surface area contributed by atoms with Crippen molar-refractivity contribution in [3.05, 3.63) is 112 Å². The van der Waals surface area contributed by atoms with Gasteiger partial charge < -0.3 is 29.0 Å². The zero-order chi connectivity index (χ0) is 42.0. The molecule has 0 bridgehead atoms. The maximum atomic E-state index is 15.7. The Balaban J connectivity index is 1.22. The summed E-state index contributed by atoms with van der Waals surface area (Å²) in [5.41, 5.74) is 4.60. The lowest BCUT2D eigenvalue weighted by atomic mass is 9.49. The number of benzene rings is 4. The number of phenols is 1. The average Bonchev–Trinajstić information content (AvgIpc) is 3.65. The van der Waals surface area contributed by atoms with Crippen molar-refractivity contribution >= 4 is 63.9 Å². The molecule has 6 atom stereocenters. The molecule has 3 saturated heterocycles. The van der Waals surface area contributed by atoms with Crippen LogP contribution in [-0.2, 0) is 29.3 Å². The number of anilines is 3. The topological polar surface area (TPSA) is 147 Å². The maximum Gasteiger partial charge on any atom is 0.260 e. The third-order valence-electron chi connectivity index (χ3n) is 12.9. The van der Waals surface area contributed by atoms with Gasteiger partial charge in [-0.1, -0.05) is 47.0 Å². The van der Waals surface area contributed by atoms with Crippen LogP contribution in [0.4, 0.5) is 17.1 Å². The Kier molecular flexibility index (Phi) is 10.2. The van der Waals surface area contributed by atoms with E-state index in [9.17, 15) is 14.7 Å². The summed E-state index contributed by atoms with van der Waals surface area (Å²) in [5, 5.41) is 12.4. The predicted octanol–water partition coefficient (Wildman–Crippen LogP) is 6.75. The monoisotopic (exact) mass is 852 g/mol. The van der Waals surface area contributed by atoms with E-state index in [1.165, 1.54) is 44.4 Å². The predicted molar refractivity (Wildman–Crippen MR) is 224 cm³/mol. The number of nitrogens with one attached hydrogen (secondary N) is 1. The molecule has 4 aromatic carbocycles. The van der Waals surface area contributed by atoms with Crippen LogP contribution in [0.15, 0.2) is 90.5 Å². The molecule has 3 aliphatic heterocycles. The number of rotatable bonds is 9. The molecule has 4 aromatic rings. The molecular formula is C45H42Cl2N4O9. The minimum Gasteiger partial charge on any atom is -0.508 e. The van der Waals surface area contributed by atoms with Gasteiger partial charge in [0.1, 0.15) is 23.0 Å². The normalized spacial score (nSPS) is 26.1. The van der Waals surface area contributed by atoms with Gasteiger partial charge in [0.15, 0.2) is 0 Å². The van der Waals surface area contributed by atoms with E-state index in [4.69, 9.17) is 42.1 Å². The molecule has 2 aliphatic carbocycles. The number of morpholine rings is 1. The number of hydrazine groups is 1. The number of carbonyl (C=O) groups is 4. The van der Waals surface area contributed by atoms with Gasteiger partial charge in [-0.2, -0.15) is 5.01 Å². The average molecular weight is 854 g/mol. The maximum absolute atomic E-state index is 15.7. The molecule has 9 rings (SSSR count). The molecule has 3 heterocycles. The quantitative estimate of drug-likeness (QED) is 0.136. The second kappa shape index (κ2) is 15.4. The molecule has 13 nitrogen and oxygen atoms in total. The first-order valence-corrected chi connectivity index (χ1v) is 20.5. The standard InChI is InChI=1S/C45H42Cl2N4O9/c1-57-29-11-4-24(5-12-29)45-33(42(54)51(44(45)56)48-35-15-6-25(46)20-34(35)47)23-32-30(40(45)39-36(58-2)21-28(52)22-37(39)59-3)13-14-31-38(32)43(55)50(41(31)53)27-9-7-26(8-10-27)49-16-18-60-19-17-49/h4-13,15,20-22,31-33,38,40,48,52H,14,16-19,23H2,1-3H3/t31-,32+,33-,38-,40+,45+/m0/s1. The zero-order valence-electron chi connectivity index (χ0n) is 33.0. The summed E-state index contributed by atoms with van der Waals surface area (Å²) in [7, 11) is 4.42. The molecule has 0 unspecified atom stereocenters. The lowest BCUT2D eigenvalue weighted by molar-refractivity contribution is -0.138. The minimum absolute atomic E-state index is 0.0537. The van der Waals surface area contributed by atoms with Crippen LogP contribution in [0.3, 0.4) is 0 Å². The SMILES string of the molecule is COc1ccc([C@@]23C(=O)N(Nc4ccc(Cl)cc4Cl)C(=O)[C@@H]2C[C@@H]2C(=CC[C@@H]4C(=O)N(c5ccc(N6CCOCC6)cc5)C(=O)[C@@H]42)[C@@H]3c2c(OC)cc(O)cc2OC)cc1. The molecule has 4 amide bonds. The van der Waals surface area contributed by atoms with Crippen molar-refractivity contribution < 1.29 is 43.2 Å². The first-order chi connectivity index (χ1) is 29.0. The third-order valence-corrected chi connectivity index (χ3v) is 13.4. The summed E-state index contributed by atoms with van der Waals surface area (Å²) in [5.74, 6) is -5.37. The van der Waals surface area contributed by atoms with E-state index in [1.54, 1.807) is 48.5 Å². The van der Waals surface area contributed by atoms with Crippen LogP contribution >= 0.6 is 23.2 Å². The molecule has 1 saturated carbocycles. The van der Waals surface area contributed by atoms with Gasteiger partial charge in [-0.25, -0.2) is 0 Å². The first kappa shape index (κ1) is 39.7. The van der Waals surface area contributed by atoms with Crippen molar-refractivity contribution in [1.29, 1.82) is 0 Å². The van der Waals surface area contributed by atoms with Crippen molar-refractivity contribution in [3.8, 4) is 23.0 Å². The third kappa shape index (κ3) is 6.08. The molecule has 4 fully saturated rings. The molecule has 0 radical (unpaired) electrons. The molecule has 2 N–H and O–H groups in total. The fraction of sp³-hybridized carbons (Fsp3) is 0.333. The Morgan fingerprint density at radius 3 is 2.08 bits per heavy atom. The Morgan fingerprint density at radius 1 is 0.783 bits per heavy atom. The highest BCUT2D eigenvalue weighted by Crippen LogP contribution is 2.66. The van der Waals surface area contributed by atoms with Crippen molar-refractivity contribution in [2.75, 3.05) is 62.9 Å². The summed E-state index contributed by atoms with van der Waals surface area (Å²) < 4.78 is 22.9. The summed E-state index contributed by atoms with van der Waals surface area (Å²) >= 11 is 12.8. The Morgan fingerprint density at radius 2 is 1.45 bits per heavy atom. The highest BCUT2D eigenvalue weighted by molar-refractivity contribution is 6.36. The number of halogens is 2. The van der Waals surface area contributed by atoms with E-state index in [0.29, 0.717) is 46.4 Å². The number of allylic oxidation sites excluding steroid dienone is 2. The van der Waals surface area contributed by atoms with E-state index in [2.05, 4.69) is 10.3 Å². The highest BCUT2D eigenvalue weighted by Gasteiger charge is 2.71. The Labute approximate surface area is 356 Å². The number of nitrogens with zero attached hydrogens (tertiary/aromatic N) is 3. The lowest BCUT2D eigenvalue weighted by Gasteiger charge is -2.51. The van der Waals surface area contributed by atoms with E-state index in [-0.39, 0.29) is 52.6 Å². The van der Waals surface area contributed by atoms with Crippen LogP contribution in [0.5, 0.6) is 23.0 Å². The number of imide groups is 2. The van der Waals surface area contributed by atoms with Gasteiger partial charge in [-0.3, -0.25) is 29.5 Å². The number of methoxy groups -OCH3 is 3. The van der Waals surface area contributed by atoms with E-state index in [0.717, 1.165) is 23.8 Å². The summed E-state index contributed by atoms with van der Waals surface area (Å²) in [4.78, 5) is 63.7. The number of hydrogen-bond donors (Lipinski definition) is 2. The van der Waals surface area contributed by atoms with Crippen LogP contribution in [0.25, 0.3) is 0 Å². The molecule has 15 heteroatoms. The first-order valence-electron chi connectivity index (χ1n) is 19.7. The van der Waals surface area contributed by atoms with Crippen LogP contribution in [0.2, 0.25) is 10.0 Å². The fourth-order valence-corrected chi connectivity index (χ4v) is 10.7. The number of amides is 4. The van der Waals surface area contributed by atoms with E-state index in [1.807, 2.05) is 18.2 Å². The molecular weight excluding hydrogens is 811 g/mol. The zero-order valence-corrected chi connectivity index (χ0v) is 34.5. The Bertz CT molecular complexity index is 2410. The molecule has 0 aromatic heterocycles. The number of hydrogen-bond acceptors (Lipinski definition) is 11. The Hall–Kier alpha value is -5.76. The number of carbonyl (C=O) groups excluding carboxylic acids is 4. The molecule has 0 spiro atoms. The van der Waals surface area contributed by atoms with Gasteiger partial charge >= 0.3 is 0 Å². The number of aromatic hydroxyl groups is 1. The fourth-order valence-electron chi connectivity index (χ4n) is 10.3. The van der Waals surface area contributed by atoms with E-state index >= 15 is 9.59 Å². The molecule has 5 aliphatic rings. The lowest BCUT2D eigenvalue weighted by Crippen LogP contribution is -2.53. The van der Waals surface area contributed by atoms with Crippen molar-refractivity contribution in [1.82, 2.24) is 5.01 Å². The highest BCUT2D eigenvalue weighted by atomic mass is 35.5. The number of ether oxygens (including phenoxy) is 4. The van der Waals surface area contributed by atoms with Crippen molar-refractivity contribution in [2.45, 2.75) is 24.2 Å². The molecule has 60 heavy (non-hydrogen) atoms. The smallest absolute Gasteiger partial charge is 0.260 e. The van der Waals surface area contributed by atoms with Crippen LogP contribution in [0.1, 0.15) is 29.9 Å². The summed E-state index contributed by atoms with van der Waals surface area (Å²) in [6.07, 6.45) is 2.21. The van der Waals surface area contributed by atoms with Crippen LogP contribution in [0, 0.1) is 23.7 Å². The van der Waals surface area contributed by atoms with Gasteiger partial charge in [0.05, 0.1) is 74.1 Å². The summed E-state index contributed by atoms with van der Waals surface area (Å²) in [6, 6.07) is 21.9. The largest absolute Gasteiger partial charge is 0.508 e. The number of fused-ring (bicyclic) bond motifs is 4. The van der Waals surface area contributed by atoms with Gasteiger partial charge in [0.25, 0.3) is 11.8 Å². The number of phenolic OH excluding ortho intramolecular Hbond substituents is 1. The van der Waals surface area contributed by atoms with Gasteiger partial charge in [-0.05, 0) is 78.9 Å². The minimum atomic E-state index is -1.68. The van der Waals surface area contributed by atoms with Crippen LogP contribution in [-0.4, -0.2) is 81.4 Å². The molecule has 310 valence electrons. The summed E-state index contributed by atoms with van der Waals surface area (Å²) in [6.45, 7) is 2.70. The van der Waals surface area contributed by atoms with Crippen molar-refractivity contribution in [2.24, 2.45) is 23.7 Å². The second-order valence-electron chi connectivity index (χ2n) is 15.6. The van der Waals surface area contributed by atoms with Crippen LogP contribution < -0.4 is 29.4 Å². The van der Waals surface area contributed by atoms with Gasteiger partial charge in [-0.15, -0.1) is 0 Å². The van der Waals surface area contributed by atoms with E-state index < -0.39 is 46.8 Å². The van der Waals surface area contributed by atoms with Crippen molar-refractivity contribution in [3.63, 3.8) is 0 Å². The second-order valence-corrected chi connectivity index (χ2v) is 16.4. The van der Waals surface area contributed by atoms with Gasteiger partial charge in [0, 0.05) is 47.4 Å².